The average molecular weight is 193 g/mol. The number of hydrogen-bond acceptors (Lipinski definition) is 2. The maximum atomic E-state index is 5.26. The van der Waals surface area contributed by atoms with E-state index in [0.29, 0.717) is 5.41 Å². The van der Waals surface area contributed by atoms with E-state index in [1.54, 1.807) is 0 Å². The van der Waals surface area contributed by atoms with Crippen molar-refractivity contribution in [2.24, 2.45) is 17.3 Å². The molecule has 0 spiro atoms. The SMILES string of the molecule is CC1(CNC2C[C@@H]3C=C[C@H]2C3)COC1. The molecule has 14 heavy (non-hydrogen) atoms. The van der Waals surface area contributed by atoms with Gasteiger partial charge in [-0.15, -0.1) is 0 Å². The predicted molar refractivity (Wildman–Crippen MR) is 56.1 cm³/mol. The lowest BCUT2D eigenvalue weighted by atomic mass is 9.88. The van der Waals surface area contributed by atoms with Gasteiger partial charge in [-0.05, 0) is 24.7 Å². The molecule has 0 amide bonds. The van der Waals surface area contributed by atoms with Crippen LogP contribution in [0.2, 0.25) is 0 Å². The molecule has 2 aliphatic carbocycles. The highest BCUT2D eigenvalue weighted by molar-refractivity contribution is 5.12. The molecule has 3 rings (SSSR count). The molecule has 3 aliphatic rings. The second-order valence-electron chi connectivity index (χ2n) is 5.57. The molecule has 1 aliphatic heterocycles. The van der Waals surface area contributed by atoms with Gasteiger partial charge in [0.1, 0.15) is 0 Å². The van der Waals surface area contributed by atoms with Crippen LogP contribution in [0.15, 0.2) is 12.2 Å². The third-order valence-electron chi connectivity index (χ3n) is 3.97. The first kappa shape index (κ1) is 8.93. The first-order chi connectivity index (χ1) is 6.75. The smallest absolute Gasteiger partial charge is 0.0554 e. The van der Waals surface area contributed by atoms with Gasteiger partial charge in [-0.25, -0.2) is 0 Å². The molecule has 78 valence electrons. The molecule has 1 unspecified atom stereocenters. The number of ether oxygens (including phenoxy) is 1. The maximum absolute atomic E-state index is 5.26. The molecule has 2 bridgehead atoms. The highest BCUT2D eigenvalue weighted by atomic mass is 16.5. The van der Waals surface area contributed by atoms with Crippen molar-refractivity contribution in [3.8, 4) is 0 Å². The van der Waals surface area contributed by atoms with Crippen molar-refractivity contribution in [1.82, 2.24) is 5.32 Å². The van der Waals surface area contributed by atoms with Crippen molar-refractivity contribution in [2.45, 2.75) is 25.8 Å². The van der Waals surface area contributed by atoms with Crippen LogP contribution in [0.1, 0.15) is 19.8 Å². The van der Waals surface area contributed by atoms with Crippen LogP contribution in [0.25, 0.3) is 0 Å². The van der Waals surface area contributed by atoms with Crippen LogP contribution in [0, 0.1) is 17.3 Å². The van der Waals surface area contributed by atoms with Gasteiger partial charge in [0.2, 0.25) is 0 Å². The van der Waals surface area contributed by atoms with Crippen LogP contribution in [0.4, 0.5) is 0 Å². The highest BCUT2D eigenvalue weighted by Crippen LogP contribution is 2.39. The Morgan fingerprint density at radius 2 is 2.21 bits per heavy atom. The minimum atomic E-state index is 0.422. The molecule has 1 saturated heterocycles. The van der Waals surface area contributed by atoms with Gasteiger partial charge >= 0.3 is 0 Å². The van der Waals surface area contributed by atoms with Gasteiger partial charge in [0, 0.05) is 18.0 Å². The van der Waals surface area contributed by atoms with Gasteiger partial charge < -0.3 is 10.1 Å². The monoisotopic (exact) mass is 193 g/mol. The van der Waals surface area contributed by atoms with Crippen LogP contribution in [0.5, 0.6) is 0 Å². The second kappa shape index (κ2) is 3.07. The van der Waals surface area contributed by atoms with Crippen molar-refractivity contribution in [1.29, 1.82) is 0 Å². The summed E-state index contributed by atoms with van der Waals surface area (Å²) in [4.78, 5) is 0. The number of fused-ring (bicyclic) bond motifs is 2. The van der Waals surface area contributed by atoms with Crippen molar-refractivity contribution in [2.75, 3.05) is 19.8 Å². The third-order valence-corrected chi connectivity index (χ3v) is 3.97. The Morgan fingerprint density at radius 1 is 1.36 bits per heavy atom. The Labute approximate surface area is 85.7 Å². The second-order valence-corrected chi connectivity index (χ2v) is 5.57. The Bertz CT molecular complexity index is 257. The fourth-order valence-corrected chi connectivity index (χ4v) is 2.95. The fourth-order valence-electron chi connectivity index (χ4n) is 2.95. The molecular formula is C12H19NO. The molecule has 2 nitrogen and oxygen atoms in total. The quantitative estimate of drug-likeness (QED) is 0.687. The highest BCUT2D eigenvalue weighted by Gasteiger charge is 2.38. The lowest BCUT2D eigenvalue weighted by Crippen LogP contribution is -2.50. The lowest BCUT2D eigenvalue weighted by Gasteiger charge is -2.39. The first-order valence-corrected chi connectivity index (χ1v) is 5.75. The molecule has 2 heteroatoms. The maximum Gasteiger partial charge on any atom is 0.0554 e. The summed E-state index contributed by atoms with van der Waals surface area (Å²) < 4.78 is 5.26. The summed E-state index contributed by atoms with van der Waals surface area (Å²) >= 11 is 0. The van der Waals surface area contributed by atoms with Crippen LogP contribution >= 0.6 is 0 Å². The molecule has 1 saturated carbocycles. The number of rotatable bonds is 3. The first-order valence-electron chi connectivity index (χ1n) is 5.75. The normalized spacial score (nSPS) is 42.8. The van der Waals surface area contributed by atoms with Crippen molar-refractivity contribution in [3.05, 3.63) is 12.2 Å². The molecule has 0 aromatic carbocycles. The van der Waals surface area contributed by atoms with E-state index in [1.165, 1.54) is 12.8 Å². The van der Waals surface area contributed by atoms with Gasteiger partial charge in [0.05, 0.1) is 13.2 Å². The van der Waals surface area contributed by atoms with Crippen molar-refractivity contribution in [3.63, 3.8) is 0 Å². The van der Waals surface area contributed by atoms with E-state index < -0.39 is 0 Å². The van der Waals surface area contributed by atoms with Crippen LogP contribution in [-0.2, 0) is 4.74 Å². The summed E-state index contributed by atoms with van der Waals surface area (Å²) in [6.45, 7) is 5.33. The molecule has 0 aromatic rings. The Morgan fingerprint density at radius 3 is 2.71 bits per heavy atom. The number of allylic oxidation sites excluding steroid dienone is 1. The summed E-state index contributed by atoms with van der Waals surface area (Å²) in [6.07, 6.45) is 7.56. The summed E-state index contributed by atoms with van der Waals surface area (Å²) in [6, 6.07) is 0.752. The Balaban J connectivity index is 1.51. The van der Waals surface area contributed by atoms with Gasteiger partial charge in [0.25, 0.3) is 0 Å². The zero-order valence-electron chi connectivity index (χ0n) is 8.83. The zero-order valence-corrected chi connectivity index (χ0v) is 8.83. The largest absolute Gasteiger partial charge is 0.380 e. The van der Waals surface area contributed by atoms with E-state index >= 15 is 0 Å². The molecule has 0 radical (unpaired) electrons. The van der Waals surface area contributed by atoms with Crippen LogP contribution in [-0.4, -0.2) is 25.8 Å². The van der Waals surface area contributed by atoms with E-state index in [-0.39, 0.29) is 0 Å². The molecule has 0 aromatic heterocycles. The molecule has 2 fully saturated rings. The van der Waals surface area contributed by atoms with E-state index in [0.717, 1.165) is 37.6 Å². The number of nitrogens with one attached hydrogen (secondary N) is 1. The number of hydrogen-bond donors (Lipinski definition) is 1. The lowest BCUT2D eigenvalue weighted by molar-refractivity contribution is -0.100. The molecule has 3 atom stereocenters. The van der Waals surface area contributed by atoms with E-state index in [1.807, 2.05) is 0 Å². The standard InChI is InChI=1S/C12H19NO/c1-12(7-14-8-12)6-13-11-5-9-2-3-10(11)4-9/h2-3,9-11,13H,4-8H2,1H3/t9-,10+,11?/m1/s1. The summed E-state index contributed by atoms with van der Waals surface area (Å²) in [5.41, 5.74) is 0.422. The average Bonchev–Trinajstić information content (AvgIpc) is 2.72. The van der Waals surface area contributed by atoms with Gasteiger partial charge in [-0.2, -0.15) is 0 Å². The Kier molecular flexibility index (Phi) is 1.96. The molecule has 1 N–H and O–H groups in total. The fraction of sp³-hybridized carbons (Fsp3) is 0.833. The minimum Gasteiger partial charge on any atom is -0.380 e. The Hall–Kier alpha value is -0.340. The summed E-state index contributed by atoms with van der Waals surface area (Å²) in [7, 11) is 0. The third kappa shape index (κ3) is 1.41. The van der Waals surface area contributed by atoms with Gasteiger partial charge in [0.15, 0.2) is 0 Å². The van der Waals surface area contributed by atoms with Gasteiger partial charge in [-0.3, -0.25) is 0 Å². The zero-order chi connectivity index (χ0) is 9.60. The van der Waals surface area contributed by atoms with Crippen LogP contribution in [0.3, 0.4) is 0 Å². The topological polar surface area (TPSA) is 21.3 Å². The van der Waals surface area contributed by atoms with Crippen molar-refractivity contribution >= 4 is 0 Å². The summed E-state index contributed by atoms with van der Waals surface area (Å²) in [5, 5.41) is 3.72. The van der Waals surface area contributed by atoms with E-state index in [9.17, 15) is 0 Å². The van der Waals surface area contributed by atoms with Gasteiger partial charge in [-0.1, -0.05) is 19.1 Å². The van der Waals surface area contributed by atoms with Crippen LogP contribution < -0.4 is 5.32 Å². The van der Waals surface area contributed by atoms with E-state index in [4.69, 9.17) is 4.74 Å². The van der Waals surface area contributed by atoms with E-state index in [2.05, 4.69) is 24.4 Å². The minimum absolute atomic E-state index is 0.422. The predicted octanol–water partition coefficient (Wildman–Crippen LogP) is 1.58. The molecule has 1 heterocycles. The molecular weight excluding hydrogens is 174 g/mol. The summed E-state index contributed by atoms with van der Waals surface area (Å²) in [5.74, 6) is 1.70. The van der Waals surface area contributed by atoms with Crippen molar-refractivity contribution < 1.29 is 4.74 Å².